The van der Waals surface area contributed by atoms with Crippen molar-refractivity contribution in [2.45, 2.75) is 24.3 Å². The molecule has 2 aliphatic rings. The topological polar surface area (TPSA) is 105 Å². The fraction of sp³-hybridized carbons (Fsp3) is 0.333. The predicted molar refractivity (Wildman–Crippen MR) is 115 cm³/mol. The van der Waals surface area contributed by atoms with E-state index in [2.05, 4.69) is 10.6 Å². The van der Waals surface area contributed by atoms with E-state index in [1.54, 1.807) is 6.07 Å². The molecule has 0 unspecified atom stereocenters. The fourth-order valence-corrected chi connectivity index (χ4v) is 5.47. The summed E-state index contributed by atoms with van der Waals surface area (Å²) in [7, 11) is -3.83. The third-order valence-electron chi connectivity index (χ3n) is 5.39. The van der Waals surface area contributed by atoms with E-state index in [0.29, 0.717) is 35.8 Å². The van der Waals surface area contributed by atoms with Crippen molar-refractivity contribution in [3.63, 3.8) is 0 Å². The van der Waals surface area contributed by atoms with Gasteiger partial charge in [-0.15, -0.1) is 0 Å². The minimum absolute atomic E-state index is 0.0502. The Bertz CT molecular complexity index is 1120. The molecule has 0 aliphatic carbocycles. The Morgan fingerprint density at radius 3 is 2.87 bits per heavy atom. The Balaban J connectivity index is 1.45. The summed E-state index contributed by atoms with van der Waals surface area (Å²) in [5.74, 6) is -0.568. The molecule has 2 aliphatic heterocycles. The zero-order chi connectivity index (χ0) is 22.0. The van der Waals surface area contributed by atoms with Gasteiger partial charge in [0.2, 0.25) is 15.9 Å². The molecule has 2 heterocycles. The van der Waals surface area contributed by atoms with E-state index in [4.69, 9.17) is 16.3 Å². The number of carbonyl (C=O) groups excluding carboxylic acids is 2. The smallest absolute Gasteiger partial charge is 0.262 e. The number of nitrogens with zero attached hydrogens (tertiary/aromatic N) is 1. The number of benzene rings is 2. The minimum atomic E-state index is -3.83. The maximum atomic E-state index is 13.2. The summed E-state index contributed by atoms with van der Waals surface area (Å²) >= 11 is 6.13. The molecule has 0 radical (unpaired) electrons. The van der Waals surface area contributed by atoms with E-state index in [-0.39, 0.29) is 36.4 Å². The summed E-state index contributed by atoms with van der Waals surface area (Å²) in [6.45, 7) is 0.607. The van der Waals surface area contributed by atoms with Gasteiger partial charge in [-0.2, -0.15) is 4.31 Å². The van der Waals surface area contributed by atoms with Crippen LogP contribution >= 0.6 is 11.6 Å². The molecule has 2 aromatic carbocycles. The van der Waals surface area contributed by atoms with Gasteiger partial charge in [0.25, 0.3) is 5.91 Å². The first-order valence-corrected chi connectivity index (χ1v) is 11.7. The number of ether oxygens (including phenoxy) is 1. The molecular formula is C21H22ClN3O5S. The summed E-state index contributed by atoms with van der Waals surface area (Å²) in [6, 6.07) is 11.6. The quantitative estimate of drug-likeness (QED) is 0.708. The van der Waals surface area contributed by atoms with Gasteiger partial charge in [-0.05, 0) is 42.7 Å². The first-order chi connectivity index (χ1) is 14.8. The highest BCUT2D eigenvalue weighted by atomic mass is 35.5. The number of amides is 2. The number of piperidine rings is 1. The molecule has 0 bridgehead atoms. The number of carbonyl (C=O) groups is 2. The average molecular weight is 464 g/mol. The third-order valence-corrected chi connectivity index (χ3v) is 7.62. The molecule has 2 aromatic rings. The van der Waals surface area contributed by atoms with Gasteiger partial charge in [-0.1, -0.05) is 29.8 Å². The largest absolute Gasteiger partial charge is 0.482 e. The molecule has 31 heavy (non-hydrogen) atoms. The Labute approximate surface area is 185 Å². The number of fused-ring (bicyclic) bond motifs is 1. The molecule has 1 fully saturated rings. The van der Waals surface area contributed by atoms with Crippen LogP contribution < -0.4 is 15.4 Å². The number of hydrogen-bond donors (Lipinski definition) is 2. The summed E-state index contributed by atoms with van der Waals surface area (Å²) in [5.41, 5.74) is 1.12. The van der Waals surface area contributed by atoms with Crippen LogP contribution in [0, 0.1) is 5.92 Å². The SMILES string of the molecule is O=C1COc2ccc(S(=O)(=O)N3CCC[C@H](C(=O)NCc4ccccc4Cl)C3)cc2N1. The summed E-state index contributed by atoms with van der Waals surface area (Å²) < 4.78 is 32.9. The van der Waals surface area contributed by atoms with Crippen molar-refractivity contribution in [3.05, 3.63) is 53.1 Å². The van der Waals surface area contributed by atoms with Crippen LogP contribution in [0.3, 0.4) is 0 Å². The lowest BCUT2D eigenvalue weighted by atomic mass is 9.99. The number of sulfonamides is 1. The van der Waals surface area contributed by atoms with Crippen molar-refractivity contribution in [1.29, 1.82) is 0 Å². The molecule has 10 heteroatoms. The molecule has 2 amide bonds. The first kappa shape index (κ1) is 21.6. The normalized spacial score (nSPS) is 19.1. The molecule has 0 spiro atoms. The Morgan fingerprint density at radius 2 is 2.06 bits per heavy atom. The van der Waals surface area contributed by atoms with Crippen LogP contribution in [0.25, 0.3) is 0 Å². The monoisotopic (exact) mass is 463 g/mol. The number of nitrogens with one attached hydrogen (secondary N) is 2. The number of hydrogen-bond acceptors (Lipinski definition) is 5. The molecular weight excluding hydrogens is 442 g/mol. The zero-order valence-corrected chi connectivity index (χ0v) is 18.2. The molecule has 8 nitrogen and oxygen atoms in total. The third kappa shape index (κ3) is 4.68. The lowest BCUT2D eigenvalue weighted by Crippen LogP contribution is -2.45. The van der Waals surface area contributed by atoms with Crippen LogP contribution in [-0.2, 0) is 26.2 Å². The van der Waals surface area contributed by atoms with Gasteiger partial charge in [-0.25, -0.2) is 8.42 Å². The molecule has 1 saturated heterocycles. The second-order valence-electron chi connectivity index (χ2n) is 7.51. The van der Waals surface area contributed by atoms with Gasteiger partial charge in [0.15, 0.2) is 6.61 Å². The number of anilines is 1. The molecule has 0 saturated carbocycles. The van der Waals surface area contributed by atoms with E-state index >= 15 is 0 Å². The molecule has 2 N–H and O–H groups in total. The van der Waals surface area contributed by atoms with Crippen molar-refractivity contribution < 1.29 is 22.7 Å². The van der Waals surface area contributed by atoms with Gasteiger partial charge in [0, 0.05) is 24.7 Å². The van der Waals surface area contributed by atoms with Crippen LogP contribution in [0.1, 0.15) is 18.4 Å². The summed E-state index contributed by atoms with van der Waals surface area (Å²) in [5, 5.41) is 6.04. The van der Waals surface area contributed by atoms with Crippen LogP contribution in [0.4, 0.5) is 5.69 Å². The predicted octanol–water partition coefficient (Wildman–Crippen LogP) is 2.39. The lowest BCUT2D eigenvalue weighted by Gasteiger charge is -2.31. The Morgan fingerprint density at radius 1 is 1.26 bits per heavy atom. The lowest BCUT2D eigenvalue weighted by molar-refractivity contribution is -0.126. The molecule has 164 valence electrons. The van der Waals surface area contributed by atoms with Crippen LogP contribution in [0.15, 0.2) is 47.4 Å². The van der Waals surface area contributed by atoms with Gasteiger partial charge in [0.05, 0.1) is 16.5 Å². The first-order valence-electron chi connectivity index (χ1n) is 9.92. The second-order valence-corrected chi connectivity index (χ2v) is 9.85. The van der Waals surface area contributed by atoms with Gasteiger partial charge >= 0.3 is 0 Å². The highest BCUT2D eigenvalue weighted by Gasteiger charge is 2.34. The molecule has 0 aromatic heterocycles. The molecule has 4 rings (SSSR count). The highest BCUT2D eigenvalue weighted by Crippen LogP contribution is 2.32. The standard InChI is InChI=1S/C21H22ClN3O5S/c22-17-6-2-1-4-14(17)11-23-21(27)15-5-3-9-25(12-15)31(28,29)16-7-8-19-18(10-16)24-20(26)13-30-19/h1-2,4,6-8,10,15H,3,5,9,11-13H2,(H,23,27)(H,24,26)/t15-/m0/s1. The average Bonchev–Trinajstić information content (AvgIpc) is 2.78. The maximum Gasteiger partial charge on any atom is 0.262 e. The van der Waals surface area contributed by atoms with Crippen molar-refractivity contribution in [2.75, 3.05) is 25.0 Å². The van der Waals surface area contributed by atoms with E-state index in [1.165, 1.54) is 22.5 Å². The van der Waals surface area contributed by atoms with E-state index in [1.807, 2.05) is 18.2 Å². The van der Waals surface area contributed by atoms with E-state index in [9.17, 15) is 18.0 Å². The van der Waals surface area contributed by atoms with Crippen molar-refractivity contribution in [3.8, 4) is 5.75 Å². The zero-order valence-electron chi connectivity index (χ0n) is 16.6. The minimum Gasteiger partial charge on any atom is -0.482 e. The fourth-order valence-electron chi connectivity index (χ4n) is 3.71. The Hall–Kier alpha value is -2.62. The molecule has 1 atom stereocenters. The van der Waals surface area contributed by atoms with E-state index in [0.717, 1.165) is 5.56 Å². The number of rotatable bonds is 5. The second kappa shape index (κ2) is 8.86. The summed E-state index contributed by atoms with van der Waals surface area (Å²) in [6.07, 6.45) is 1.18. The van der Waals surface area contributed by atoms with Crippen LogP contribution in [0.5, 0.6) is 5.75 Å². The van der Waals surface area contributed by atoms with Crippen molar-refractivity contribution >= 4 is 39.1 Å². The van der Waals surface area contributed by atoms with Crippen molar-refractivity contribution in [2.24, 2.45) is 5.92 Å². The van der Waals surface area contributed by atoms with Gasteiger partial charge in [-0.3, -0.25) is 9.59 Å². The summed E-state index contributed by atoms with van der Waals surface area (Å²) in [4.78, 5) is 24.3. The van der Waals surface area contributed by atoms with Crippen molar-refractivity contribution in [1.82, 2.24) is 9.62 Å². The van der Waals surface area contributed by atoms with E-state index < -0.39 is 15.9 Å². The van der Waals surface area contributed by atoms with Gasteiger partial charge in [0.1, 0.15) is 5.75 Å². The number of halogens is 1. The maximum absolute atomic E-state index is 13.2. The Kier molecular flexibility index (Phi) is 6.17. The van der Waals surface area contributed by atoms with Gasteiger partial charge < -0.3 is 15.4 Å². The van der Waals surface area contributed by atoms with Crippen LogP contribution in [0.2, 0.25) is 5.02 Å². The van der Waals surface area contributed by atoms with Crippen LogP contribution in [-0.4, -0.2) is 44.2 Å². The highest BCUT2D eigenvalue weighted by molar-refractivity contribution is 7.89.